The van der Waals surface area contributed by atoms with Crippen LogP contribution in [0.4, 0.5) is 5.69 Å². The van der Waals surface area contributed by atoms with E-state index in [9.17, 15) is 0 Å². The number of benzene rings is 1. The van der Waals surface area contributed by atoms with Crippen molar-refractivity contribution in [2.24, 2.45) is 0 Å². The van der Waals surface area contributed by atoms with Crippen molar-refractivity contribution in [2.45, 2.75) is 38.8 Å². The SMILES string of the molecule is CCCOc1ccc(NC2CC(C)N(C)C2)cc1Cl. The van der Waals surface area contributed by atoms with Crippen molar-refractivity contribution < 1.29 is 4.74 Å². The minimum absolute atomic E-state index is 0.499. The summed E-state index contributed by atoms with van der Waals surface area (Å²) in [6.45, 7) is 6.13. The molecule has 1 saturated heterocycles. The molecule has 1 aromatic carbocycles. The van der Waals surface area contributed by atoms with Crippen LogP contribution in [0.1, 0.15) is 26.7 Å². The van der Waals surface area contributed by atoms with Gasteiger partial charge in [0.1, 0.15) is 5.75 Å². The van der Waals surface area contributed by atoms with Gasteiger partial charge in [-0.15, -0.1) is 0 Å². The number of hydrogen-bond donors (Lipinski definition) is 1. The van der Waals surface area contributed by atoms with E-state index < -0.39 is 0 Å². The molecule has 0 radical (unpaired) electrons. The zero-order valence-electron chi connectivity index (χ0n) is 11.9. The van der Waals surface area contributed by atoms with Gasteiger partial charge in [0.15, 0.2) is 0 Å². The van der Waals surface area contributed by atoms with Crippen LogP contribution in [0.3, 0.4) is 0 Å². The lowest BCUT2D eigenvalue weighted by atomic mass is 10.2. The molecule has 0 aliphatic carbocycles. The van der Waals surface area contributed by atoms with Crippen LogP contribution in [0.15, 0.2) is 18.2 Å². The third kappa shape index (κ3) is 3.77. The first kappa shape index (κ1) is 14.5. The molecule has 3 nitrogen and oxygen atoms in total. The molecule has 0 saturated carbocycles. The molecule has 0 spiro atoms. The van der Waals surface area contributed by atoms with Gasteiger partial charge in [-0.1, -0.05) is 18.5 Å². The van der Waals surface area contributed by atoms with Crippen LogP contribution < -0.4 is 10.1 Å². The summed E-state index contributed by atoms with van der Waals surface area (Å²) >= 11 is 6.23. The lowest BCUT2D eigenvalue weighted by Gasteiger charge is -2.15. The van der Waals surface area contributed by atoms with Gasteiger partial charge < -0.3 is 15.0 Å². The number of ether oxygens (including phenoxy) is 1. The number of nitrogens with zero attached hydrogens (tertiary/aromatic N) is 1. The lowest BCUT2D eigenvalue weighted by molar-refractivity contribution is 0.317. The number of rotatable bonds is 5. The Hall–Kier alpha value is -0.930. The highest BCUT2D eigenvalue weighted by atomic mass is 35.5. The Kier molecular flexibility index (Phi) is 4.94. The number of nitrogens with one attached hydrogen (secondary N) is 1. The molecule has 1 aliphatic heterocycles. The fourth-order valence-electron chi connectivity index (χ4n) is 2.45. The number of likely N-dealkylation sites (N-methyl/N-ethyl adjacent to an activating group) is 1. The first-order valence-electron chi connectivity index (χ1n) is 6.99. The number of hydrogen-bond acceptors (Lipinski definition) is 3. The zero-order valence-corrected chi connectivity index (χ0v) is 12.7. The molecular formula is C15H23ClN2O. The highest BCUT2D eigenvalue weighted by Crippen LogP contribution is 2.29. The van der Waals surface area contributed by atoms with E-state index in [2.05, 4.69) is 31.1 Å². The Morgan fingerprint density at radius 3 is 2.84 bits per heavy atom. The van der Waals surface area contributed by atoms with Gasteiger partial charge in [0.25, 0.3) is 0 Å². The number of halogens is 1. The van der Waals surface area contributed by atoms with Crippen LogP contribution in [0.5, 0.6) is 5.75 Å². The fourth-order valence-corrected chi connectivity index (χ4v) is 2.69. The standard InChI is InChI=1S/C15H23ClN2O/c1-4-7-19-15-6-5-12(9-14(15)16)17-13-8-11(2)18(3)10-13/h5-6,9,11,13,17H,4,7-8,10H2,1-3H3. The largest absolute Gasteiger partial charge is 0.492 e. The molecular weight excluding hydrogens is 260 g/mol. The van der Waals surface area contributed by atoms with Crippen molar-refractivity contribution >= 4 is 17.3 Å². The second kappa shape index (κ2) is 6.49. The quantitative estimate of drug-likeness (QED) is 0.892. The summed E-state index contributed by atoms with van der Waals surface area (Å²) in [6, 6.07) is 7.08. The van der Waals surface area contributed by atoms with Crippen molar-refractivity contribution in [1.82, 2.24) is 4.90 Å². The third-order valence-corrected chi connectivity index (χ3v) is 3.95. The molecule has 0 amide bonds. The Morgan fingerprint density at radius 1 is 1.47 bits per heavy atom. The first-order valence-corrected chi connectivity index (χ1v) is 7.37. The Balaban J connectivity index is 1.96. The van der Waals surface area contributed by atoms with E-state index in [0.717, 1.165) is 24.4 Å². The Morgan fingerprint density at radius 2 is 2.26 bits per heavy atom. The normalized spacial score (nSPS) is 23.6. The van der Waals surface area contributed by atoms with Crippen molar-refractivity contribution in [1.29, 1.82) is 0 Å². The molecule has 0 bridgehead atoms. The molecule has 1 aliphatic rings. The van der Waals surface area contributed by atoms with Crippen LogP contribution in [-0.2, 0) is 0 Å². The van der Waals surface area contributed by atoms with Crippen LogP contribution in [-0.4, -0.2) is 37.2 Å². The summed E-state index contributed by atoms with van der Waals surface area (Å²) in [5, 5.41) is 4.22. The topological polar surface area (TPSA) is 24.5 Å². The van der Waals surface area contributed by atoms with Crippen molar-refractivity contribution in [3.8, 4) is 5.75 Å². The molecule has 2 rings (SSSR count). The number of likely N-dealkylation sites (tertiary alicyclic amines) is 1. The highest BCUT2D eigenvalue weighted by molar-refractivity contribution is 6.32. The highest BCUT2D eigenvalue weighted by Gasteiger charge is 2.25. The van der Waals surface area contributed by atoms with E-state index in [1.807, 2.05) is 18.2 Å². The van der Waals surface area contributed by atoms with Crippen molar-refractivity contribution in [3.05, 3.63) is 23.2 Å². The van der Waals surface area contributed by atoms with Gasteiger partial charge in [-0.05, 0) is 45.0 Å². The van der Waals surface area contributed by atoms with Gasteiger partial charge in [0, 0.05) is 24.3 Å². The summed E-state index contributed by atoms with van der Waals surface area (Å²) in [5.41, 5.74) is 1.07. The van der Waals surface area contributed by atoms with E-state index in [1.165, 1.54) is 6.42 Å². The predicted molar refractivity (Wildman–Crippen MR) is 81.4 cm³/mol. The molecule has 106 valence electrons. The maximum absolute atomic E-state index is 6.23. The molecule has 0 aromatic heterocycles. The average molecular weight is 283 g/mol. The molecule has 19 heavy (non-hydrogen) atoms. The predicted octanol–water partition coefficient (Wildman–Crippen LogP) is 3.63. The number of anilines is 1. The maximum atomic E-state index is 6.23. The van der Waals surface area contributed by atoms with Crippen LogP contribution in [0.2, 0.25) is 5.02 Å². The third-order valence-electron chi connectivity index (χ3n) is 3.65. The van der Waals surface area contributed by atoms with E-state index >= 15 is 0 Å². The van der Waals surface area contributed by atoms with E-state index in [0.29, 0.717) is 23.7 Å². The average Bonchev–Trinajstić information content (AvgIpc) is 2.67. The molecule has 1 fully saturated rings. The second-order valence-corrected chi connectivity index (χ2v) is 5.77. The van der Waals surface area contributed by atoms with Gasteiger partial charge >= 0.3 is 0 Å². The Bertz CT molecular complexity index is 415. The van der Waals surface area contributed by atoms with E-state index in [-0.39, 0.29) is 0 Å². The fraction of sp³-hybridized carbons (Fsp3) is 0.600. The van der Waals surface area contributed by atoms with Crippen LogP contribution in [0.25, 0.3) is 0 Å². The Labute approximate surface area is 120 Å². The minimum Gasteiger partial charge on any atom is -0.492 e. The maximum Gasteiger partial charge on any atom is 0.138 e. The van der Waals surface area contributed by atoms with Gasteiger partial charge in [0.2, 0.25) is 0 Å². The molecule has 4 heteroatoms. The molecule has 1 heterocycles. The van der Waals surface area contributed by atoms with Gasteiger partial charge in [-0.2, -0.15) is 0 Å². The molecule has 1 aromatic rings. The zero-order chi connectivity index (χ0) is 13.8. The second-order valence-electron chi connectivity index (χ2n) is 5.36. The van der Waals surface area contributed by atoms with Crippen molar-refractivity contribution in [3.63, 3.8) is 0 Å². The lowest BCUT2D eigenvalue weighted by Crippen LogP contribution is -2.24. The van der Waals surface area contributed by atoms with Crippen molar-refractivity contribution in [2.75, 3.05) is 25.5 Å². The van der Waals surface area contributed by atoms with Gasteiger partial charge in [-0.3, -0.25) is 0 Å². The monoisotopic (exact) mass is 282 g/mol. The summed E-state index contributed by atoms with van der Waals surface area (Å²) in [4.78, 5) is 2.37. The summed E-state index contributed by atoms with van der Waals surface area (Å²) in [7, 11) is 2.17. The summed E-state index contributed by atoms with van der Waals surface area (Å²) in [5.74, 6) is 0.769. The van der Waals surface area contributed by atoms with E-state index in [4.69, 9.17) is 16.3 Å². The molecule has 2 atom stereocenters. The van der Waals surface area contributed by atoms with Crippen LogP contribution in [0, 0.1) is 0 Å². The smallest absolute Gasteiger partial charge is 0.138 e. The van der Waals surface area contributed by atoms with Crippen LogP contribution >= 0.6 is 11.6 Å². The first-order chi connectivity index (χ1) is 9.10. The van der Waals surface area contributed by atoms with Gasteiger partial charge in [0.05, 0.1) is 11.6 Å². The molecule has 2 unspecified atom stereocenters. The van der Waals surface area contributed by atoms with Gasteiger partial charge in [-0.25, -0.2) is 0 Å². The molecule has 1 N–H and O–H groups in total. The summed E-state index contributed by atoms with van der Waals surface area (Å²) < 4.78 is 5.58. The van der Waals surface area contributed by atoms with E-state index in [1.54, 1.807) is 0 Å². The summed E-state index contributed by atoms with van der Waals surface area (Å²) in [6.07, 6.45) is 2.16. The minimum atomic E-state index is 0.499.